The van der Waals surface area contributed by atoms with Crippen molar-refractivity contribution in [3.63, 3.8) is 0 Å². The molecule has 1 aromatic rings. The summed E-state index contributed by atoms with van der Waals surface area (Å²) in [6.07, 6.45) is 3.39. The molecule has 0 aliphatic carbocycles. The van der Waals surface area contributed by atoms with Crippen molar-refractivity contribution in [2.24, 2.45) is 0 Å². The summed E-state index contributed by atoms with van der Waals surface area (Å²) in [5.41, 5.74) is 0.0680. The standard InChI is InChI=1S/C10H15N3O2/c1-3-8(4-2)12-10-7-9(13(14)15)5-6-11-10/h5-8H,3-4H2,1-2H3,(H,11,12). The van der Waals surface area contributed by atoms with Gasteiger partial charge >= 0.3 is 0 Å². The molecule has 0 aliphatic rings. The molecule has 82 valence electrons. The molecule has 5 heteroatoms. The monoisotopic (exact) mass is 209 g/mol. The molecule has 0 fully saturated rings. The van der Waals surface area contributed by atoms with Gasteiger partial charge in [-0.15, -0.1) is 0 Å². The highest BCUT2D eigenvalue weighted by molar-refractivity contribution is 5.44. The Morgan fingerprint density at radius 2 is 2.20 bits per heavy atom. The molecule has 1 rings (SSSR count). The summed E-state index contributed by atoms with van der Waals surface area (Å²) in [6, 6.07) is 3.16. The van der Waals surface area contributed by atoms with Crippen LogP contribution in [-0.2, 0) is 0 Å². The van der Waals surface area contributed by atoms with E-state index in [0.29, 0.717) is 11.9 Å². The van der Waals surface area contributed by atoms with Crippen molar-refractivity contribution < 1.29 is 4.92 Å². The van der Waals surface area contributed by atoms with Gasteiger partial charge in [-0.25, -0.2) is 4.98 Å². The van der Waals surface area contributed by atoms with E-state index >= 15 is 0 Å². The molecule has 0 aromatic carbocycles. The molecule has 0 atom stereocenters. The van der Waals surface area contributed by atoms with Crippen LogP contribution >= 0.6 is 0 Å². The lowest BCUT2D eigenvalue weighted by Gasteiger charge is -2.14. The molecular formula is C10H15N3O2. The molecule has 1 aromatic heterocycles. The van der Waals surface area contributed by atoms with Gasteiger partial charge in [-0.3, -0.25) is 10.1 Å². The SMILES string of the molecule is CCC(CC)Nc1cc([N+](=O)[O-])ccn1. The summed E-state index contributed by atoms with van der Waals surface area (Å²) in [4.78, 5) is 14.2. The zero-order valence-electron chi connectivity index (χ0n) is 8.93. The molecular weight excluding hydrogens is 194 g/mol. The Balaban J connectivity index is 2.77. The Morgan fingerprint density at radius 3 is 2.73 bits per heavy atom. The molecule has 0 saturated heterocycles. The minimum absolute atomic E-state index is 0.0680. The van der Waals surface area contributed by atoms with Crippen LogP contribution < -0.4 is 5.32 Å². The summed E-state index contributed by atoms with van der Waals surface area (Å²) < 4.78 is 0. The van der Waals surface area contributed by atoms with Gasteiger partial charge in [0.25, 0.3) is 5.69 Å². The van der Waals surface area contributed by atoms with E-state index < -0.39 is 4.92 Å². The zero-order chi connectivity index (χ0) is 11.3. The first-order chi connectivity index (χ1) is 7.17. The highest BCUT2D eigenvalue weighted by Crippen LogP contribution is 2.16. The fourth-order valence-corrected chi connectivity index (χ4v) is 1.31. The van der Waals surface area contributed by atoms with Gasteiger partial charge in [0.1, 0.15) is 5.82 Å². The third-order valence-electron chi connectivity index (χ3n) is 2.29. The van der Waals surface area contributed by atoms with E-state index in [2.05, 4.69) is 24.1 Å². The Kier molecular flexibility index (Phi) is 4.03. The maximum atomic E-state index is 10.5. The van der Waals surface area contributed by atoms with Crippen molar-refractivity contribution in [3.8, 4) is 0 Å². The number of rotatable bonds is 5. The molecule has 1 N–H and O–H groups in total. The third kappa shape index (κ3) is 3.19. The smallest absolute Gasteiger partial charge is 0.274 e. The highest BCUT2D eigenvalue weighted by Gasteiger charge is 2.09. The molecule has 0 spiro atoms. The minimum atomic E-state index is -0.417. The largest absolute Gasteiger partial charge is 0.367 e. The quantitative estimate of drug-likeness (QED) is 0.597. The number of hydrogen-bond donors (Lipinski definition) is 1. The van der Waals surface area contributed by atoms with Crippen molar-refractivity contribution in [1.29, 1.82) is 0 Å². The minimum Gasteiger partial charge on any atom is -0.367 e. The van der Waals surface area contributed by atoms with Crippen LogP contribution in [-0.4, -0.2) is 15.9 Å². The zero-order valence-corrected chi connectivity index (χ0v) is 8.93. The topological polar surface area (TPSA) is 68.1 Å². The number of hydrogen-bond acceptors (Lipinski definition) is 4. The maximum absolute atomic E-state index is 10.5. The lowest BCUT2D eigenvalue weighted by molar-refractivity contribution is -0.384. The molecule has 0 unspecified atom stereocenters. The lowest BCUT2D eigenvalue weighted by Crippen LogP contribution is -2.17. The van der Waals surface area contributed by atoms with Gasteiger partial charge in [0.2, 0.25) is 0 Å². The van der Waals surface area contributed by atoms with Crippen LogP contribution in [0.2, 0.25) is 0 Å². The van der Waals surface area contributed by atoms with Crippen LogP contribution in [0, 0.1) is 10.1 Å². The van der Waals surface area contributed by atoms with Crippen LogP contribution in [0.1, 0.15) is 26.7 Å². The van der Waals surface area contributed by atoms with Crippen LogP contribution in [0.5, 0.6) is 0 Å². The fraction of sp³-hybridized carbons (Fsp3) is 0.500. The molecule has 0 radical (unpaired) electrons. The number of nitrogens with one attached hydrogen (secondary N) is 1. The second kappa shape index (κ2) is 5.29. The van der Waals surface area contributed by atoms with Crippen molar-refractivity contribution in [3.05, 3.63) is 28.4 Å². The average Bonchev–Trinajstić information content (AvgIpc) is 2.26. The number of nitrogens with zero attached hydrogens (tertiary/aromatic N) is 2. The summed E-state index contributed by atoms with van der Waals surface area (Å²) >= 11 is 0. The number of aromatic nitrogens is 1. The van der Waals surface area contributed by atoms with E-state index in [1.807, 2.05) is 0 Å². The summed E-state index contributed by atoms with van der Waals surface area (Å²) in [5, 5.41) is 13.7. The second-order valence-corrected chi connectivity index (χ2v) is 3.31. The second-order valence-electron chi connectivity index (χ2n) is 3.31. The van der Waals surface area contributed by atoms with Gasteiger partial charge in [-0.05, 0) is 12.8 Å². The predicted molar refractivity (Wildman–Crippen MR) is 58.9 cm³/mol. The fourth-order valence-electron chi connectivity index (χ4n) is 1.31. The first-order valence-electron chi connectivity index (χ1n) is 5.04. The summed E-state index contributed by atoms with van der Waals surface area (Å²) in [5.74, 6) is 0.568. The van der Waals surface area contributed by atoms with E-state index in [1.165, 1.54) is 18.3 Å². The molecule has 15 heavy (non-hydrogen) atoms. The van der Waals surface area contributed by atoms with E-state index in [1.54, 1.807) is 0 Å². The van der Waals surface area contributed by atoms with Gasteiger partial charge in [-0.1, -0.05) is 13.8 Å². The van der Waals surface area contributed by atoms with Gasteiger partial charge in [0, 0.05) is 18.3 Å². The Morgan fingerprint density at radius 1 is 1.53 bits per heavy atom. The van der Waals surface area contributed by atoms with Crippen LogP contribution in [0.4, 0.5) is 11.5 Å². The predicted octanol–water partition coefficient (Wildman–Crippen LogP) is 2.59. The van der Waals surface area contributed by atoms with E-state index in [9.17, 15) is 10.1 Å². The van der Waals surface area contributed by atoms with Gasteiger partial charge < -0.3 is 5.32 Å². The van der Waals surface area contributed by atoms with Crippen molar-refractivity contribution in [2.45, 2.75) is 32.7 Å². The van der Waals surface area contributed by atoms with E-state index in [-0.39, 0.29) is 5.69 Å². The molecule has 0 aliphatic heterocycles. The molecule has 0 saturated carbocycles. The number of nitro groups is 1. The average molecular weight is 209 g/mol. The number of anilines is 1. The van der Waals surface area contributed by atoms with Crippen LogP contribution in [0.25, 0.3) is 0 Å². The van der Waals surface area contributed by atoms with Crippen LogP contribution in [0.15, 0.2) is 18.3 Å². The molecule has 5 nitrogen and oxygen atoms in total. The third-order valence-corrected chi connectivity index (χ3v) is 2.29. The van der Waals surface area contributed by atoms with Gasteiger partial charge in [0.05, 0.1) is 11.0 Å². The van der Waals surface area contributed by atoms with Crippen molar-refractivity contribution in [1.82, 2.24) is 4.98 Å². The van der Waals surface area contributed by atoms with E-state index in [4.69, 9.17) is 0 Å². The lowest BCUT2D eigenvalue weighted by atomic mass is 10.2. The van der Waals surface area contributed by atoms with Gasteiger partial charge in [0.15, 0.2) is 0 Å². The Bertz CT molecular complexity index is 337. The summed E-state index contributed by atoms with van der Waals surface area (Å²) in [6.45, 7) is 4.14. The number of pyridine rings is 1. The van der Waals surface area contributed by atoms with Crippen molar-refractivity contribution in [2.75, 3.05) is 5.32 Å². The summed E-state index contributed by atoms with van der Waals surface area (Å²) in [7, 11) is 0. The Hall–Kier alpha value is -1.65. The van der Waals surface area contributed by atoms with Crippen molar-refractivity contribution >= 4 is 11.5 Å². The normalized spacial score (nSPS) is 10.3. The Labute approximate surface area is 88.7 Å². The van der Waals surface area contributed by atoms with E-state index in [0.717, 1.165) is 12.8 Å². The highest BCUT2D eigenvalue weighted by atomic mass is 16.6. The molecule has 0 bridgehead atoms. The van der Waals surface area contributed by atoms with Crippen LogP contribution in [0.3, 0.4) is 0 Å². The maximum Gasteiger partial charge on any atom is 0.274 e. The first-order valence-corrected chi connectivity index (χ1v) is 5.04. The molecule has 0 amide bonds. The van der Waals surface area contributed by atoms with Gasteiger partial charge in [-0.2, -0.15) is 0 Å². The first kappa shape index (κ1) is 11.4. The molecule has 1 heterocycles.